The smallest absolute Gasteiger partial charge is 0.264 e. The molecule has 2 aromatic rings. The van der Waals surface area contributed by atoms with Gasteiger partial charge in [0.15, 0.2) is 0 Å². The fourth-order valence-electron chi connectivity index (χ4n) is 2.82. The third-order valence-electron chi connectivity index (χ3n) is 3.85. The molecule has 1 aromatic heterocycles. The highest BCUT2D eigenvalue weighted by Crippen LogP contribution is 2.38. The third-order valence-corrected chi connectivity index (χ3v) is 3.85. The minimum atomic E-state index is -2.48. The highest BCUT2D eigenvalue weighted by molar-refractivity contribution is 5.73. The Labute approximate surface area is 143 Å². The molecule has 3 rings (SSSR count). The van der Waals surface area contributed by atoms with Crippen LogP contribution in [-0.4, -0.2) is 23.4 Å². The Bertz CT molecular complexity index is 674. The molecule has 130 valence electrons. The molecule has 0 spiro atoms. The van der Waals surface area contributed by atoms with E-state index in [9.17, 15) is 8.78 Å². The zero-order chi connectivity index (χ0) is 18.3. The van der Waals surface area contributed by atoms with Crippen molar-refractivity contribution in [2.45, 2.75) is 33.1 Å². The Balaban J connectivity index is 0.000000671. The molecular formula is C19H25F2N3. The minimum Gasteiger partial charge on any atom is -0.374 e. The molecule has 0 amide bonds. The number of terminal acetylenes is 1. The van der Waals surface area contributed by atoms with E-state index in [0.717, 1.165) is 36.2 Å². The van der Waals surface area contributed by atoms with Gasteiger partial charge >= 0.3 is 0 Å². The third kappa shape index (κ3) is 4.14. The first kappa shape index (κ1) is 19.7. The number of benzene rings is 1. The van der Waals surface area contributed by atoms with Gasteiger partial charge < -0.3 is 4.90 Å². The first-order valence-corrected chi connectivity index (χ1v) is 8.04. The van der Waals surface area contributed by atoms with E-state index in [1.54, 1.807) is 30.2 Å². The van der Waals surface area contributed by atoms with Crippen molar-refractivity contribution >= 4 is 5.69 Å². The molecule has 3 nitrogen and oxygen atoms in total. The van der Waals surface area contributed by atoms with Crippen LogP contribution >= 0.6 is 0 Å². The van der Waals surface area contributed by atoms with Gasteiger partial charge in [-0.25, -0.2) is 8.78 Å². The molecule has 5 heteroatoms. The van der Waals surface area contributed by atoms with E-state index in [2.05, 4.69) is 22.8 Å². The molecule has 0 saturated carbocycles. The van der Waals surface area contributed by atoms with Crippen molar-refractivity contribution in [3.8, 4) is 24.0 Å². The summed E-state index contributed by atoms with van der Waals surface area (Å²) in [4.78, 5) is 2.05. The van der Waals surface area contributed by atoms with Gasteiger partial charge in [0.1, 0.15) is 0 Å². The number of halogens is 2. The number of aryl methyl sites for hydroxylation is 2. The van der Waals surface area contributed by atoms with Crippen LogP contribution in [0.1, 0.15) is 37.8 Å². The maximum absolute atomic E-state index is 13.4. The Morgan fingerprint density at radius 2 is 1.83 bits per heavy atom. The molecule has 0 atom stereocenters. The van der Waals surface area contributed by atoms with Gasteiger partial charge in [0.25, 0.3) is 6.43 Å². The predicted octanol–water partition coefficient (Wildman–Crippen LogP) is 4.68. The highest BCUT2D eigenvalue weighted by Gasteiger charge is 2.22. The molecule has 0 unspecified atom stereocenters. The Kier molecular flexibility index (Phi) is 7.44. The fourth-order valence-corrected chi connectivity index (χ4v) is 2.82. The lowest BCUT2D eigenvalue weighted by atomic mass is 9.93. The van der Waals surface area contributed by atoms with Crippen LogP contribution in [0.2, 0.25) is 0 Å². The fraction of sp³-hybridized carbons (Fsp3) is 0.421. The molecule has 0 bridgehead atoms. The second-order valence-corrected chi connectivity index (χ2v) is 5.30. The Morgan fingerprint density at radius 1 is 1.17 bits per heavy atom. The van der Waals surface area contributed by atoms with Crippen molar-refractivity contribution < 1.29 is 8.78 Å². The lowest BCUT2D eigenvalue weighted by Gasteiger charge is -2.29. The van der Waals surface area contributed by atoms with Gasteiger partial charge in [0, 0.05) is 43.7 Å². The lowest BCUT2D eigenvalue weighted by molar-refractivity contribution is 0.152. The molecule has 0 aliphatic carbocycles. The number of aromatic nitrogens is 2. The summed E-state index contributed by atoms with van der Waals surface area (Å²) in [6.07, 6.45) is 10.9. The summed E-state index contributed by atoms with van der Waals surface area (Å²) >= 11 is 0. The molecule has 0 N–H and O–H groups in total. The van der Waals surface area contributed by atoms with Crippen molar-refractivity contribution in [3.05, 3.63) is 35.7 Å². The van der Waals surface area contributed by atoms with E-state index in [1.807, 2.05) is 27.0 Å². The van der Waals surface area contributed by atoms with Crippen LogP contribution in [0.15, 0.2) is 24.5 Å². The zero-order valence-corrected chi connectivity index (χ0v) is 14.8. The van der Waals surface area contributed by atoms with Gasteiger partial charge in [-0.3, -0.25) is 4.68 Å². The number of nitrogens with zero attached hydrogens (tertiary/aromatic N) is 3. The topological polar surface area (TPSA) is 21.1 Å². The van der Waals surface area contributed by atoms with Gasteiger partial charge in [0.05, 0.1) is 6.20 Å². The van der Waals surface area contributed by atoms with Gasteiger partial charge in [-0.1, -0.05) is 13.8 Å². The first-order valence-electron chi connectivity index (χ1n) is 8.04. The van der Waals surface area contributed by atoms with E-state index in [4.69, 9.17) is 0 Å². The van der Waals surface area contributed by atoms with Gasteiger partial charge in [0.2, 0.25) is 0 Å². The quantitative estimate of drug-likeness (QED) is 0.744. The summed E-state index contributed by atoms with van der Waals surface area (Å²) in [7, 11) is 3.74. The van der Waals surface area contributed by atoms with Gasteiger partial charge in [-0.15, -0.1) is 12.8 Å². The molecule has 1 aromatic carbocycles. The monoisotopic (exact) mass is 333 g/mol. The molecule has 1 aliphatic rings. The van der Waals surface area contributed by atoms with Crippen molar-refractivity contribution in [2.75, 3.05) is 18.5 Å². The summed E-state index contributed by atoms with van der Waals surface area (Å²) in [5.74, 6) is 0. The van der Waals surface area contributed by atoms with E-state index in [0.29, 0.717) is 5.56 Å². The average Bonchev–Trinajstić information content (AvgIpc) is 3.04. The standard InChI is InChI=1S/C15H17F2N3.C2H6.C2H2/c1-19-5-3-4-10-6-12(11-8-18-20(2)9-11)13(15(16)17)7-14(10)19;2*1-2/h6-9,15H,3-5H2,1-2H3;1-2H3;1-2H. The Morgan fingerprint density at radius 3 is 2.38 bits per heavy atom. The van der Waals surface area contributed by atoms with Crippen molar-refractivity contribution in [3.63, 3.8) is 0 Å². The van der Waals surface area contributed by atoms with Crippen LogP contribution in [0.25, 0.3) is 11.1 Å². The summed E-state index contributed by atoms with van der Waals surface area (Å²) in [5.41, 5.74) is 3.51. The van der Waals surface area contributed by atoms with Crippen LogP contribution in [0, 0.1) is 12.8 Å². The van der Waals surface area contributed by atoms with Crippen molar-refractivity contribution in [2.24, 2.45) is 7.05 Å². The van der Waals surface area contributed by atoms with Crippen LogP contribution in [0.5, 0.6) is 0 Å². The molecule has 0 radical (unpaired) electrons. The zero-order valence-electron chi connectivity index (χ0n) is 14.8. The molecule has 1 aliphatic heterocycles. The van der Waals surface area contributed by atoms with Crippen LogP contribution < -0.4 is 4.90 Å². The van der Waals surface area contributed by atoms with E-state index >= 15 is 0 Å². The number of alkyl halides is 2. The number of fused-ring (bicyclic) bond motifs is 1. The summed E-state index contributed by atoms with van der Waals surface area (Å²) in [6, 6.07) is 3.55. The maximum Gasteiger partial charge on any atom is 0.264 e. The second kappa shape index (κ2) is 9.07. The SMILES string of the molecule is C#C.CC.CN1CCCc2cc(-c3cnn(C)c3)c(C(F)F)cc21. The Hall–Kier alpha value is -2.35. The summed E-state index contributed by atoms with van der Waals surface area (Å²) in [5, 5.41) is 4.08. The number of hydrogen-bond acceptors (Lipinski definition) is 2. The number of rotatable bonds is 2. The van der Waals surface area contributed by atoms with Crippen LogP contribution in [0.3, 0.4) is 0 Å². The summed E-state index contributed by atoms with van der Waals surface area (Å²) in [6.45, 7) is 4.92. The summed E-state index contributed by atoms with van der Waals surface area (Å²) < 4.78 is 28.4. The van der Waals surface area contributed by atoms with E-state index < -0.39 is 6.43 Å². The predicted molar refractivity (Wildman–Crippen MR) is 96.4 cm³/mol. The average molecular weight is 333 g/mol. The molecule has 0 fully saturated rings. The normalized spacial score (nSPS) is 12.6. The highest BCUT2D eigenvalue weighted by atomic mass is 19.3. The number of hydrogen-bond donors (Lipinski definition) is 0. The maximum atomic E-state index is 13.4. The van der Waals surface area contributed by atoms with Crippen LogP contribution in [-0.2, 0) is 13.5 Å². The molecule has 0 saturated heterocycles. The first-order chi connectivity index (χ1) is 11.6. The van der Waals surface area contributed by atoms with Gasteiger partial charge in [-0.2, -0.15) is 5.10 Å². The van der Waals surface area contributed by atoms with Crippen LogP contribution in [0.4, 0.5) is 14.5 Å². The van der Waals surface area contributed by atoms with E-state index in [1.165, 1.54) is 0 Å². The van der Waals surface area contributed by atoms with Crippen molar-refractivity contribution in [1.82, 2.24) is 9.78 Å². The van der Waals surface area contributed by atoms with Crippen molar-refractivity contribution in [1.29, 1.82) is 0 Å². The van der Waals surface area contributed by atoms with Gasteiger partial charge in [-0.05, 0) is 36.1 Å². The molecule has 2 heterocycles. The molecule has 24 heavy (non-hydrogen) atoms. The second-order valence-electron chi connectivity index (χ2n) is 5.30. The van der Waals surface area contributed by atoms with E-state index in [-0.39, 0.29) is 5.56 Å². The minimum absolute atomic E-state index is 0.0884. The lowest BCUT2D eigenvalue weighted by Crippen LogP contribution is -2.25. The largest absolute Gasteiger partial charge is 0.374 e. The molecular weight excluding hydrogens is 308 g/mol. The number of anilines is 1.